The minimum absolute atomic E-state index is 0.207. The Morgan fingerprint density at radius 1 is 0.966 bits per heavy atom. The number of hydrogen-bond acceptors (Lipinski definition) is 4. The molecule has 150 valence electrons. The van der Waals surface area contributed by atoms with Crippen LogP contribution in [0.1, 0.15) is 26.4 Å². The predicted octanol–water partition coefficient (Wildman–Crippen LogP) is 4.22. The number of ether oxygens (including phenoxy) is 1. The van der Waals surface area contributed by atoms with Crippen molar-refractivity contribution in [1.29, 1.82) is 0 Å². The first-order valence-corrected chi connectivity index (χ1v) is 9.39. The van der Waals surface area contributed by atoms with Gasteiger partial charge in [0.1, 0.15) is 11.4 Å². The van der Waals surface area contributed by atoms with Crippen LogP contribution in [0.25, 0.3) is 5.69 Å². The van der Waals surface area contributed by atoms with Gasteiger partial charge in [0.2, 0.25) is 0 Å². The monoisotopic (exact) mass is 452 g/mol. The molecule has 0 fully saturated rings. The smallest absolute Gasteiger partial charge is 0.273 e. The third kappa shape index (κ3) is 4.64. The zero-order chi connectivity index (χ0) is 21.1. The highest BCUT2D eigenvalue weighted by Crippen LogP contribution is 2.27. The average molecular weight is 454 g/mol. The average Bonchev–Trinajstić information content (AvgIpc) is 3.06. The van der Waals surface area contributed by atoms with Crippen molar-refractivity contribution in [3.8, 4) is 11.4 Å². The van der Waals surface area contributed by atoms with Gasteiger partial charge < -0.3 is 4.74 Å². The first-order chi connectivity index (χ1) is 13.8. The highest BCUT2D eigenvalue weighted by molar-refractivity contribution is 6.35. The van der Waals surface area contributed by atoms with Crippen LogP contribution in [0.2, 0.25) is 15.1 Å². The molecule has 1 heterocycles. The van der Waals surface area contributed by atoms with Crippen LogP contribution < -0.4 is 15.6 Å². The fraction of sp³-hybridized carbons (Fsp3) is 0.105. The zero-order valence-electron chi connectivity index (χ0n) is 15.3. The number of hydrogen-bond donors (Lipinski definition) is 2. The third-order valence-corrected chi connectivity index (χ3v) is 4.71. The molecule has 0 saturated carbocycles. The zero-order valence-corrected chi connectivity index (χ0v) is 17.6. The molecule has 3 rings (SSSR count). The lowest BCUT2D eigenvalue weighted by atomic mass is 10.2. The number of nitrogens with one attached hydrogen (secondary N) is 2. The highest BCUT2D eigenvalue weighted by Gasteiger charge is 2.18. The van der Waals surface area contributed by atoms with Crippen LogP contribution in [0.5, 0.6) is 5.75 Å². The second-order valence-electron chi connectivity index (χ2n) is 5.94. The predicted molar refractivity (Wildman–Crippen MR) is 111 cm³/mol. The molecule has 1 aromatic heterocycles. The van der Waals surface area contributed by atoms with Gasteiger partial charge >= 0.3 is 0 Å². The molecule has 0 radical (unpaired) electrons. The highest BCUT2D eigenvalue weighted by atomic mass is 35.5. The van der Waals surface area contributed by atoms with Crippen LogP contribution in [0.3, 0.4) is 0 Å². The molecule has 2 amide bonds. The van der Waals surface area contributed by atoms with Gasteiger partial charge in [-0.3, -0.25) is 20.4 Å². The summed E-state index contributed by atoms with van der Waals surface area (Å²) in [5.41, 5.74) is 6.24. The Morgan fingerprint density at radius 2 is 1.62 bits per heavy atom. The molecule has 29 heavy (non-hydrogen) atoms. The van der Waals surface area contributed by atoms with Crippen molar-refractivity contribution >= 4 is 46.6 Å². The molecule has 0 bridgehead atoms. The molecule has 7 nitrogen and oxygen atoms in total. The van der Waals surface area contributed by atoms with E-state index in [9.17, 15) is 9.59 Å². The number of benzene rings is 2. The van der Waals surface area contributed by atoms with Gasteiger partial charge in [0, 0.05) is 20.6 Å². The van der Waals surface area contributed by atoms with Gasteiger partial charge in [0.15, 0.2) is 0 Å². The summed E-state index contributed by atoms with van der Waals surface area (Å²) < 4.78 is 6.85. The number of aromatic nitrogens is 2. The summed E-state index contributed by atoms with van der Waals surface area (Å²) in [6, 6.07) is 9.43. The second kappa shape index (κ2) is 8.73. The van der Waals surface area contributed by atoms with Crippen molar-refractivity contribution in [3.05, 3.63) is 74.5 Å². The van der Waals surface area contributed by atoms with Gasteiger partial charge in [-0.1, -0.05) is 34.8 Å². The van der Waals surface area contributed by atoms with Crippen molar-refractivity contribution < 1.29 is 14.3 Å². The molecule has 0 unspecified atom stereocenters. The van der Waals surface area contributed by atoms with Gasteiger partial charge in [-0.05, 0) is 43.3 Å². The molecular weight excluding hydrogens is 439 g/mol. The molecule has 2 aromatic carbocycles. The van der Waals surface area contributed by atoms with E-state index in [1.165, 1.54) is 36.2 Å². The Hall–Kier alpha value is -2.74. The van der Waals surface area contributed by atoms with Crippen molar-refractivity contribution in [2.75, 3.05) is 7.11 Å². The van der Waals surface area contributed by atoms with Crippen molar-refractivity contribution in [2.45, 2.75) is 6.92 Å². The lowest BCUT2D eigenvalue weighted by molar-refractivity contribution is 0.0846. The number of halogens is 3. The quantitative estimate of drug-likeness (QED) is 0.579. The van der Waals surface area contributed by atoms with Crippen LogP contribution in [0.4, 0.5) is 0 Å². The Labute approximate surface area is 181 Å². The Bertz CT molecular complexity index is 1080. The van der Waals surface area contributed by atoms with Crippen molar-refractivity contribution in [2.24, 2.45) is 0 Å². The van der Waals surface area contributed by atoms with Crippen molar-refractivity contribution in [3.63, 3.8) is 0 Å². The number of carbonyl (C=O) groups is 2. The maximum Gasteiger partial charge on any atom is 0.273 e. The van der Waals surface area contributed by atoms with Gasteiger partial charge in [-0.15, -0.1) is 0 Å². The summed E-state index contributed by atoms with van der Waals surface area (Å²) in [5.74, 6) is -0.570. The standard InChI is InChI=1S/C19H15Cl3N4O3/c1-10-15(9-23-26(10)16-8-12(20)3-4-17(16)29-2)19(28)25-24-18(27)11-5-13(21)7-14(22)6-11/h3-9H,1-2H3,(H,24,27)(H,25,28). The van der Waals surface area contributed by atoms with E-state index in [2.05, 4.69) is 16.0 Å². The minimum atomic E-state index is -0.565. The van der Waals surface area contributed by atoms with E-state index >= 15 is 0 Å². The second-order valence-corrected chi connectivity index (χ2v) is 7.25. The number of methoxy groups -OCH3 is 1. The molecule has 0 spiro atoms. The van der Waals surface area contributed by atoms with Crippen LogP contribution in [-0.2, 0) is 0 Å². The maximum atomic E-state index is 12.5. The minimum Gasteiger partial charge on any atom is -0.494 e. The third-order valence-electron chi connectivity index (χ3n) is 4.04. The topological polar surface area (TPSA) is 85.2 Å². The molecule has 0 aliphatic carbocycles. The first-order valence-electron chi connectivity index (χ1n) is 8.25. The van der Waals surface area contributed by atoms with Gasteiger partial charge in [0.25, 0.3) is 11.8 Å². The number of amides is 2. The maximum absolute atomic E-state index is 12.5. The molecule has 10 heteroatoms. The largest absolute Gasteiger partial charge is 0.494 e. The molecule has 0 atom stereocenters. The van der Waals surface area contributed by atoms with Crippen LogP contribution >= 0.6 is 34.8 Å². The summed E-state index contributed by atoms with van der Waals surface area (Å²) >= 11 is 17.8. The normalized spacial score (nSPS) is 10.5. The summed E-state index contributed by atoms with van der Waals surface area (Å²) in [6.45, 7) is 1.71. The van der Waals surface area contributed by atoms with Crippen LogP contribution in [-0.4, -0.2) is 28.7 Å². The lowest BCUT2D eigenvalue weighted by Crippen LogP contribution is -2.41. The number of carbonyl (C=O) groups excluding carboxylic acids is 2. The van der Waals surface area contributed by atoms with E-state index in [1.807, 2.05) is 0 Å². The SMILES string of the molecule is COc1ccc(Cl)cc1-n1ncc(C(=O)NNC(=O)c2cc(Cl)cc(Cl)c2)c1C. The van der Waals surface area contributed by atoms with Gasteiger partial charge in [0.05, 0.1) is 24.6 Å². The number of rotatable bonds is 4. The summed E-state index contributed by atoms with van der Waals surface area (Å²) in [4.78, 5) is 24.7. The van der Waals surface area contributed by atoms with E-state index in [-0.39, 0.29) is 11.1 Å². The molecule has 2 N–H and O–H groups in total. The molecular formula is C19H15Cl3N4O3. The summed E-state index contributed by atoms with van der Waals surface area (Å²) in [7, 11) is 1.52. The Kier molecular flexibility index (Phi) is 6.32. The van der Waals surface area contributed by atoms with Gasteiger partial charge in [-0.25, -0.2) is 4.68 Å². The van der Waals surface area contributed by atoms with Crippen molar-refractivity contribution in [1.82, 2.24) is 20.6 Å². The lowest BCUT2D eigenvalue weighted by Gasteiger charge is -2.11. The first kappa shape index (κ1) is 21.0. The van der Waals surface area contributed by atoms with E-state index in [4.69, 9.17) is 39.5 Å². The number of hydrazine groups is 1. The molecule has 0 aliphatic heterocycles. The van der Waals surface area contributed by atoms with Gasteiger partial charge in [-0.2, -0.15) is 5.10 Å². The number of nitrogens with zero attached hydrogens (tertiary/aromatic N) is 2. The van der Waals surface area contributed by atoms with E-state index in [0.717, 1.165) is 0 Å². The molecule has 0 saturated heterocycles. The summed E-state index contributed by atoms with van der Waals surface area (Å²) in [6.07, 6.45) is 1.38. The fourth-order valence-electron chi connectivity index (χ4n) is 2.64. The molecule has 3 aromatic rings. The van der Waals surface area contributed by atoms with Crippen LogP contribution in [0.15, 0.2) is 42.6 Å². The summed E-state index contributed by atoms with van der Waals surface area (Å²) in [5, 5.41) is 5.34. The Morgan fingerprint density at radius 3 is 2.28 bits per heavy atom. The van der Waals surface area contributed by atoms with Crippen LogP contribution in [0, 0.1) is 6.92 Å². The van der Waals surface area contributed by atoms with E-state index < -0.39 is 11.8 Å². The fourth-order valence-corrected chi connectivity index (χ4v) is 3.33. The Balaban J connectivity index is 1.78. The molecule has 0 aliphatic rings. The van der Waals surface area contributed by atoms with E-state index in [1.54, 1.807) is 25.1 Å². The van der Waals surface area contributed by atoms with E-state index in [0.29, 0.717) is 32.2 Å².